The lowest BCUT2D eigenvalue weighted by atomic mass is 10.5. The molecule has 0 amide bonds. The second kappa shape index (κ2) is 2.30. The number of rotatable bonds is 1. The fourth-order valence-electron chi connectivity index (χ4n) is 1.02. The van der Waals surface area contributed by atoms with Crippen LogP contribution in [0, 0.1) is 0 Å². The Bertz CT molecular complexity index is 434. The van der Waals surface area contributed by atoms with Crippen LogP contribution in [0.5, 0.6) is 0 Å². The van der Waals surface area contributed by atoms with Gasteiger partial charge in [0.15, 0.2) is 6.29 Å². The molecule has 5 nitrogen and oxygen atoms in total. The van der Waals surface area contributed by atoms with E-state index >= 15 is 0 Å². The third-order valence-corrected chi connectivity index (χ3v) is 1.57. The van der Waals surface area contributed by atoms with Crippen molar-refractivity contribution in [3.63, 3.8) is 0 Å². The maximum absolute atomic E-state index is 10.5. The number of carbonyl (C=O) groups excluding carboxylic acids is 1. The molecule has 60 valence electrons. The number of aldehydes is 1. The van der Waals surface area contributed by atoms with Crippen LogP contribution in [-0.4, -0.2) is 20.9 Å². The van der Waals surface area contributed by atoms with Crippen LogP contribution in [0.15, 0.2) is 18.3 Å². The molecule has 0 aliphatic rings. The molecule has 0 aliphatic heterocycles. The van der Waals surface area contributed by atoms with Crippen molar-refractivity contribution in [3.05, 3.63) is 24.0 Å². The van der Waals surface area contributed by atoms with Crippen molar-refractivity contribution in [1.29, 1.82) is 0 Å². The molecule has 2 aromatic heterocycles. The third-order valence-electron chi connectivity index (χ3n) is 1.57. The van der Waals surface area contributed by atoms with Crippen LogP contribution in [0.1, 0.15) is 10.5 Å². The highest BCUT2D eigenvalue weighted by Gasteiger charge is 2.01. The number of hydrogen-bond donors (Lipinski definition) is 1. The van der Waals surface area contributed by atoms with Crippen LogP contribution in [-0.2, 0) is 0 Å². The lowest BCUT2D eigenvalue weighted by Crippen LogP contribution is -2.02. The molecular formula is C7H6N4O. The van der Waals surface area contributed by atoms with Gasteiger partial charge in [-0.1, -0.05) is 0 Å². The fraction of sp³-hybridized carbons (Fsp3) is 0. The Labute approximate surface area is 67.8 Å². The summed E-state index contributed by atoms with van der Waals surface area (Å²) in [6.45, 7) is 0. The van der Waals surface area contributed by atoms with E-state index in [1.54, 1.807) is 18.3 Å². The lowest BCUT2D eigenvalue weighted by molar-refractivity contribution is 0.111. The van der Waals surface area contributed by atoms with Crippen LogP contribution in [0.3, 0.4) is 0 Å². The van der Waals surface area contributed by atoms with Crippen molar-refractivity contribution < 1.29 is 4.79 Å². The number of nitrogens with zero attached hydrogens (tertiary/aromatic N) is 3. The number of nitrogens with two attached hydrogens (primary N) is 1. The van der Waals surface area contributed by atoms with E-state index in [2.05, 4.69) is 10.1 Å². The lowest BCUT2D eigenvalue weighted by Gasteiger charge is -1.95. The van der Waals surface area contributed by atoms with Crippen LogP contribution in [0.25, 0.3) is 5.52 Å². The zero-order valence-electron chi connectivity index (χ0n) is 6.14. The summed E-state index contributed by atoms with van der Waals surface area (Å²) in [4.78, 5) is 14.3. The van der Waals surface area contributed by atoms with Gasteiger partial charge in [-0.3, -0.25) is 4.79 Å². The summed E-state index contributed by atoms with van der Waals surface area (Å²) < 4.78 is 1.45. The van der Waals surface area contributed by atoms with E-state index in [4.69, 9.17) is 5.73 Å². The predicted molar refractivity (Wildman–Crippen MR) is 42.8 cm³/mol. The van der Waals surface area contributed by atoms with E-state index in [9.17, 15) is 4.79 Å². The summed E-state index contributed by atoms with van der Waals surface area (Å²) in [6, 6.07) is 3.42. The smallest absolute Gasteiger partial charge is 0.238 e. The molecule has 5 heteroatoms. The van der Waals surface area contributed by atoms with E-state index in [0.29, 0.717) is 5.69 Å². The van der Waals surface area contributed by atoms with Crippen molar-refractivity contribution in [2.45, 2.75) is 0 Å². The van der Waals surface area contributed by atoms with Gasteiger partial charge in [-0.05, 0) is 12.1 Å². The molecule has 0 bridgehead atoms. The molecule has 2 N–H and O–H groups in total. The average molecular weight is 162 g/mol. The van der Waals surface area contributed by atoms with Gasteiger partial charge < -0.3 is 5.73 Å². The van der Waals surface area contributed by atoms with Gasteiger partial charge in [-0.2, -0.15) is 0 Å². The average Bonchev–Trinajstić information content (AvgIpc) is 2.46. The first kappa shape index (κ1) is 6.78. The monoisotopic (exact) mass is 162 g/mol. The van der Waals surface area contributed by atoms with Crippen molar-refractivity contribution in [2.75, 3.05) is 5.73 Å². The van der Waals surface area contributed by atoms with Crippen molar-refractivity contribution >= 4 is 17.8 Å². The molecule has 0 aromatic carbocycles. The molecule has 0 aliphatic carbocycles. The van der Waals surface area contributed by atoms with E-state index in [1.807, 2.05) is 0 Å². The van der Waals surface area contributed by atoms with Crippen molar-refractivity contribution in [2.24, 2.45) is 0 Å². The zero-order chi connectivity index (χ0) is 8.55. The number of nitrogen functional groups attached to an aromatic ring is 1. The number of fused-ring (bicyclic) bond motifs is 1. The first-order chi connectivity index (χ1) is 5.81. The predicted octanol–water partition coefficient (Wildman–Crippen LogP) is 0.124. The number of carbonyl (C=O) groups is 1. The van der Waals surface area contributed by atoms with Gasteiger partial charge in [0.2, 0.25) is 5.95 Å². The third kappa shape index (κ3) is 0.833. The Morgan fingerprint density at radius 3 is 3.08 bits per heavy atom. The Morgan fingerprint density at radius 1 is 1.50 bits per heavy atom. The Morgan fingerprint density at radius 2 is 2.33 bits per heavy atom. The number of aromatic nitrogens is 3. The maximum Gasteiger partial charge on any atom is 0.238 e. The van der Waals surface area contributed by atoms with Gasteiger partial charge in [0.1, 0.15) is 5.69 Å². The van der Waals surface area contributed by atoms with Crippen LogP contribution in [0.2, 0.25) is 0 Å². The SMILES string of the molecule is Nc1ncc2ccc(C=O)n2n1. The van der Waals surface area contributed by atoms with E-state index in [1.165, 1.54) is 4.52 Å². The summed E-state index contributed by atoms with van der Waals surface area (Å²) in [5.41, 5.74) is 6.57. The minimum absolute atomic E-state index is 0.154. The van der Waals surface area contributed by atoms with E-state index in [0.717, 1.165) is 11.8 Å². The van der Waals surface area contributed by atoms with E-state index < -0.39 is 0 Å². The molecule has 12 heavy (non-hydrogen) atoms. The number of hydrogen-bond acceptors (Lipinski definition) is 4. The minimum atomic E-state index is 0.154. The molecule has 0 spiro atoms. The highest BCUT2D eigenvalue weighted by atomic mass is 16.1. The zero-order valence-corrected chi connectivity index (χ0v) is 6.14. The number of anilines is 1. The van der Waals surface area contributed by atoms with Gasteiger partial charge in [-0.15, -0.1) is 5.10 Å². The van der Waals surface area contributed by atoms with Crippen molar-refractivity contribution in [1.82, 2.24) is 14.6 Å². The Kier molecular flexibility index (Phi) is 1.30. The summed E-state index contributed by atoms with van der Waals surface area (Å²) in [6.07, 6.45) is 2.29. The van der Waals surface area contributed by atoms with Gasteiger partial charge in [-0.25, -0.2) is 9.50 Å². The second-order valence-corrected chi connectivity index (χ2v) is 2.33. The summed E-state index contributed by atoms with van der Waals surface area (Å²) in [5, 5.41) is 3.86. The van der Waals surface area contributed by atoms with Crippen LogP contribution in [0.4, 0.5) is 5.95 Å². The minimum Gasteiger partial charge on any atom is -0.367 e. The molecule has 0 saturated heterocycles. The van der Waals surface area contributed by atoms with Gasteiger partial charge in [0.05, 0.1) is 11.7 Å². The van der Waals surface area contributed by atoms with Gasteiger partial charge in [0, 0.05) is 0 Å². The molecule has 0 saturated carbocycles. The molecule has 2 aromatic rings. The first-order valence-corrected chi connectivity index (χ1v) is 3.37. The van der Waals surface area contributed by atoms with Gasteiger partial charge >= 0.3 is 0 Å². The first-order valence-electron chi connectivity index (χ1n) is 3.37. The maximum atomic E-state index is 10.5. The topological polar surface area (TPSA) is 73.3 Å². The second-order valence-electron chi connectivity index (χ2n) is 2.33. The Hall–Kier alpha value is -1.91. The van der Waals surface area contributed by atoms with Crippen molar-refractivity contribution in [3.8, 4) is 0 Å². The highest BCUT2D eigenvalue weighted by Crippen LogP contribution is 2.05. The molecule has 0 unspecified atom stereocenters. The normalized spacial score (nSPS) is 10.3. The summed E-state index contributed by atoms with van der Waals surface area (Å²) in [5.74, 6) is 0.154. The molecular weight excluding hydrogens is 156 g/mol. The molecule has 0 radical (unpaired) electrons. The molecule has 0 atom stereocenters. The fourth-order valence-corrected chi connectivity index (χ4v) is 1.02. The highest BCUT2D eigenvalue weighted by molar-refractivity contribution is 5.75. The largest absolute Gasteiger partial charge is 0.367 e. The Balaban J connectivity index is 2.83. The van der Waals surface area contributed by atoms with Crippen LogP contribution >= 0.6 is 0 Å². The molecule has 2 rings (SSSR count). The summed E-state index contributed by atoms with van der Waals surface area (Å²) >= 11 is 0. The summed E-state index contributed by atoms with van der Waals surface area (Å²) in [7, 11) is 0. The van der Waals surface area contributed by atoms with Crippen LogP contribution < -0.4 is 5.73 Å². The molecule has 2 heterocycles. The quantitative estimate of drug-likeness (QED) is 0.604. The van der Waals surface area contributed by atoms with Gasteiger partial charge in [0.25, 0.3) is 0 Å². The molecule has 0 fully saturated rings. The van der Waals surface area contributed by atoms with E-state index in [-0.39, 0.29) is 5.95 Å². The standard InChI is InChI=1S/C7H6N4O/c8-7-9-3-5-1-2-6(4-12)11(5)10-7/h1-4H,(H2,8,10).